The molecule has 0 radical (unpaired) electrons. The Morgan fingerprint density at radius 2 is 0.0781 bits per heavy atom. The standard InChI is InChI=1S/16C4H10/c16*1-3-4-2/h16*3-4H2,1-2H3. The molecule has 0 aromatic heterocycles. The van der Waals surface area contributed by atoms with E-state index in [0.717, 1.165) is 0 Å². The highest BCUT2D eigenvalue weighted by Gasteiger charge is 1.62. The summed E-state index contributed by atoms with van der Waals surface area (Å²) < 4.78 is 0. The second kappa shape index (κ2) is 236. The molecular weight excluding hydrogens is 769 g/mol. The molecule has 0 heterocycles. The Morgan fingerprint density at radius 3 is 0.0781 bits per heavy atom. The summed E-state index contributed by atoms with van der Waals surface area (Å²) in [4.78, 5) is 0. The summed E-state index contributed by atoms with van der Waals surface area (Å²) in [5.41, 5.74) is 0. The van der Waals surface area contributed by atoms with Gasteiger partial charge in [-0.2, -0.15) is 0 Å². The van der Waals surface area contributed by atoms with Crippen LogP contribution in [0.4, 0.5) is 0 Å². The molecule has 0 spiro atoms. The molecule has 0 rings (SSSR count). The summed E-state index contributed by atoms with van der Waals surface area (Å²) >= 11 is 0. The van der Waals surface area contributed by atoms with Crippen molar-refractivity contribution in [2.75, 3.05) is 0 Å². The van der Waals surface area contributed by atoms with Gasteiger partial charge in [0.05, 0.1) is 0 Å². The lowest BCUT2D eigenvalue weighted by Crippen LogP contribution is -1.47. The van der Waals surface area contributed by atoms with Gasteiger partial charge in [0.1, 0.15) is 0 Å². The van der Waals surface area contributed by atoms with Crippen molar-refractivity contribution in [3.63, 3.8) is 0 Å². The van der Waals surface area contributed by atoms with Crippen molar-refractivity contribution in [2.24, 2.45) is 0 Å². The first-order chi connectivity index (χ1) is 30.6. The number of unbranched alkanes of at least 4 members (excludes halogenated alkanes) is 16. The quantitative estimate of drug-likeness (QED) is 0.145. The predicted molar refractivity (Wildman–Crippen MR) is 329 cm³/mol. The lowest BCUT2D eigenvalue weighted by Gasteiger charge is -1.68. The monoisotopic (exact) mass is 929 g/mol. The average Bonchev–Trinajstić information content (AvgIpc) is 3.39. The molecule has 416 valence electrons. The smallest absolute Gasteiger partial charge is 0.0564 e. The molecule has 0 atom stereocenters. The third kappa shape index (κ3) is 901. The van der Waals surface area contributed by atoms with Gasteiger partial charge in [-0.1, -0.05) is 427 Å². The van der Waals surface area contributed by atoms with E-state index in [9.17, 15) is 0 Å². The van der Waals surface area contributed by atoms with Gasteiger partial charge in [-0.05, 0) is 0 Å². The molecule has 0 unspecified atom stereocenters. The molecule has 0 saturated heterocycles. The van der Waals surface area contributed by atoms with Gasteiger partial charge >= 0.3 is 0 Å². The van der Waals surface area contributed by atoms with Crippen molar-refractivity contribution in [1.29, 1.82) is 0 Å². The lowest BCUT2D eigenvalue weighted by molar-refractivity contribution is 0.886. The van der Waals surface area contributed by atoms with E-state index in [2.05, 4.69) is 222 Å². The maximum Gasteiger partial charge on any atom is -0.0564 e. The predicted octanol–water partition coefficient (Wildman–Crippen LogP) is 28.9. The summed E-state index contributed by atoms with van der Waals surface area (Å²) in [6.45, 7) is 69.8. The van der Waals surface area contributed by atoms with Gasteiger partial charge in [0.25, 0.3) is 0 Å². The lowest BCUT2D eigenvalue weighted by atomic mass is 10.4. The van der Waals surface area contributed by atoms with Crippen molar-refractivity contribution < 1.29 is 0 Å². The highest BCUT2D eigenvalue weighted by atomic mass is 13.7. The number of hydrogen-bond acceptors (Lipinski definition) is 0. The first-order valence-electron chi connectivity index (χ1n) is 30.6. The summed E-state index contributed by atoms with van der Waals surface area (Å²) in [5, 5.41) is 0. The molecule has 0 N–H and O–H groups in total. The fourth-order valence-electron chi connectivity index (χ4n) is 0. The molecule has 0 aromatic rings. The highest BCUT2D eigenvalue weighted by Crippen LogP contribution is 1.82. The second-order valence-electron chi connectivity index (χ2n) is 16.0. The van der Waals surface area contributed by atoms with Crippen LogP contribution in [0.2, 0.25) is 0 Å². The Kier molecular flexibility index (Phi) is 407. The molecule has 64 heavy (non-hydrogen) atoms. The van der Waals surface area contributed by atoms with E-state index in [-0.39, 0.29) is 0 Å². The summed E-state index contributed by atoms with van der Waals surface area (Å²) in [6, 6.07) is 0. The summed E-state index contributed by atoms with van der Waals surface area (Å²) in [5.74, 6) is 0. The van der Waals surface area contributed by atoms with Crippen LogP contribution in [0.15, 0.2) is 0 Å². The fourth-order valence-corrected chi connectivity index (χ4v) is 0. The molecule has 0 nitrogen and oxygen atoms in total. The average molecular weight is 930 g/mol. The van der Waals surface area contributed by atoms with E-state index in [1.165, 1.54) is 205 Å². The summed E-state index contributed by atoms with van der Waals surface area (Å²) in [7, 11) is 0. The van der Waals surface area contributed by atoms with Gasteiger partial charge in [0.15, 0.2) is 0 Å². The molecule has 0 aliphatic rings. The minimum absolute atomic E-state index is 1.32. The van der Waals surface area contributed by atoms with Gasteiger partial charge in [0, 0.05) is 0 Å². The number of hydrogen-bond donors (Lipinski definition) is 0. The van der Waals surface area contributed by atoms with Crippen LogP contribution in [0.25, 0.3) is 0 Å². The molecule has 0 aliphatic heterocycles. The molecule has 0 fully saturated rings. The van der Waals surface area contributed by atoms with Crippen molar-refractivity contribution >= 4 is 0 Å². The van der Waals surface area contributed by atoms with Crippen LogP contribution in [0.1, 0.15) is 427 Å². The molecule has 0 heteroatoms. The van der Waals surface area contributed by atoms with Crippen molar-refractivity contribution in [1.82, 2.24) is 0 Å². The Labute approximate surface area is 425 Å². The molecule has 0 aromatic carbocycles. The zero-order valence-corrected chi connectivity index (χ0v) is 54.6. The van der Waals surface area contributed by atoms with Gasteiger partial charge < -0.3 is 0 Å². The van der Waals surface area contributed by atoms with Crippen LogP contribution in [-0.4, -0.2) is 0 Å². The zero-order valence-electron chi connectivity index (χ0n) is 54.6. The Bertz CT molecular complexity index is 160. The zero-order chi connectivity index (χ0) is 54.6. The van der Waals surface area contributed by atoms with E-state index in [1.54, 1.807) is 0 Å². The van der Waals surface area contributed by atoms with E-state index in [4.69, 9.17) is 0 Å². The van der Waals surface area contributed by atoms with Crippen molar-refractivity contribution in [2.45, 2.75) is 427 Å². The van der Waals surface area contributed by atoms with E-state index in [0.29, 0.717) is 0 Å². The number of rotatable bonds is 16. The van der Waals surface area contributed by atoms with E-state index in [1.807, 2.05) is 0 Å². The van der Waals surface area contributed by atoms with Crippen LogP contribution < -0.4 is 0 Å². The van der Waals surface area contributed by atoms with E-state index >= 15 is 0 Å². The fraction of sp³-hybridized carbons (Fsp3) is 1.00. The van der Waals surface area contributed by atoms with Gasteiger partial charge in [-0.25, -0.2) is 0 Å². The van der Waals surface area contributed by atoms with Crippen LogP contribution in [-0.2, 0) is 0 Å². The maximum atomic E-state index is 2.18. The Morgan fingerprint density at radius 1 is 0.0625 bits per heavy atom. The Balaban J connectivity index is -0.0000000274. The minimum Gasteiger partial charge on any atom is -0.0654 e. The van der Waals surface area contributed by atoms with Crippen LogP contribution in [0.3, 0.4) is 0 Å². The van der Waals surface area contributed by atoms with Crippen LogP contribution in [0.5, 0.6) is 0 Å². The molecule has 0 amide bonds. The normalized spacial score (nSPS) is 7.50. The van der Waals surface area contributed by atoms with Crippen molar-refractivity contribution in [3.8, 4) is 0 Å². The molecule has 0 saturated carbocycles. The molecular formula is C64H160. The minimum atomic E-state index is 1.32. The van der Waals surface area contributed by atoms with Gasteiger partial charge in [0.2, 0.25) is 0 Å². The molecule has 0 aliphatic carbocycles. The van der Waals surface area contributed by atoms with Gasteiger partial charge in [-0.15, -0.1) is 0 Å². The maximum absolute atomic E-state index is 2.18. The van der Waals surface area contributed by atoms with E-state index < -0.39 is 0 Å². The highest BCUT2D eigenvalue weighted by molar-refractivity contribution is 4.18. The third-order valence-corrected chi connectivity index (χ3v) is 8.00. The first-order valence-corrected chi connectivity index (χ1v) is 30.6. The SMILES string of the molecule is CCCC.CCCC.CCCC.CCCC.CCCC.CCCC.CCCC.CCCC.CCCC.CCCC.CCCC.CCCC.CCCC.CCCC.CCCC.CCCC. The largest absolute Gasteiger partial charge is 0.0654 e. The second-order valence-corrected chi connectivity index (χ2v) is 16.0. The first kappa shape index (κ1) is 110. The topological polar surface area (TPSA) is 0 Å². The van der Waals surface area contributed by atoms with Crippen LogP contribution in [0, 0.1) is 0 Å². The molecule has 0 bridgehead atoms. The van der Waals surface area contributed by atoms with Crippen molar-refractivity contribution in [3.05, 3.63) is 0 Å². The van der Waals surface area contributed by atoms with Gasteiger partial charge in [-0.3, -0.25) is 0 Å². The Hall–Kier alpha value is 0. The third-order valence-electron chi connectivity index (χ3n) is 8.00. The van der Waals surface area contributed by atoms with Crippen LogP contribution >= 0.6 is 0 Å². The summed E-state index contributed by atoms with van der Waals surface area (Å²) in [6.07, 6.45) is 42.2.